The van der Waals surface area contributed by atoms with Crippen molar-refractivity contribution >= 4 is 43.0 Å². The van der Waals surface area contributed by atoms with Gasteiger partial charge in [-0.05, 0) is 42.1 Å². The first-order valence-corrected chi connectivity index (χ1v) is 10.3. The highest BCUT2D eigenvalue weighted by atomic mass is 79.9. The van der Waals surface area contributed by atoms with Gasteiger partial charge < -0.3 is 10.4 Å². The number of thiophene rings is 1. The Balaban J connectivity index is 2.20. The summed E-state index contributed by atoms with van der Waals surface area (Å²) >= 11 is 4.90. The summed E-state index contributed by atoms with van der Waals surface area (Å²) in [6.07, 6.45) is 0.617. The maximum absolute atomic E-state index is 13.0. The van der Waals surface area contributed by atoms with Crippen LogP contribution in [0.3, 0.4) is 0 Å². The van der Waals surface area contributed by atoms with E-state index in [-0.39, 0.29) is 12.6 Å². The lowest BCUT2D eigenvalue weighted by molar-refractivity contribution is 0.284. The van der Waals surface area contributed by atoms with Gasteiger partial charge in [-0.15, -0.1) is 11.3 Å². The third-order valence-corrected chi connectivity index (χ3v) is 7.17. The van der Waals surface area contributed by atoms with E-state index < -0.39 is 10.0 Å². The molecular weight excluding hydrogens is 400 g/mol. The van der Waals surface area contributed by atoms with Gasteiger partial charge in [0.2, 0.25) is 0 Å². The number of nitrogens with zero attached hydrogens (tertiary/aromatic N) is 1. The van der Waals surface area contributed by atoms with E-state index in [1.807, 2.05) is 23.6 Å². The van der Waals surface area contributed by atoms with Crippen LogP contribution in [0.4, 0.5) is 5.69 Å². The van der Waals surface area contributed by atoms with E-state index >= 15 is 0 Å². The van der Waals surface area contributed by atoms with E-state index in [0.717, 1.165) is 14.9 Å². The molecule has 1 aliphatic rings. The SMILES string of the molecule is CN1c2ccsc2C(NCCCO)c2ccc(Br)cc2S1(=O)=O. The van der Waals surface area contributed by atoms with Crippen molar-refractivity contribution < 1.29 is 13.5 Å². The highest BCUT2D eigenvalue weighted by Crippen LogP contribution is 2.43. The van der Waals surface area contributed by atoms with Crippen molar-refractivity contribution in [3.63, 3.8) is 0 Å². The first kappa shape index (κ1) is 16.9. The van der Waals surface area contributed by atoms with E-state index in [9.17, 15) is 8.42 Å². The number of anilines is 1. The van der Waals surface area contributed by atoms with Crippen molar-refractivity contribution in [2.75, 3.05) is 24.5 Å². The van der Waals surface area contributed by atoms with Crippen LogP contribution in [0.15, 0.2) is 39.0 Å². The molecule has 23 heavy (non-hydrogen) atoms. The molecule has 124 valence electrons. The van der Waals surface area contributed by atoms with Gasteiger partial charge in [-0.25, -0.2) is 8.42 Å². The van der Waals surface area contributed by atoms with Crippen LogP contribution < -0.4 is 9.62 Å². The number of nitrogens with one attached hydrogen (secondary N) is 1. The first-order chi connectivity index (χ1) is 11.0. The Morgan fingerprint density at radius 2 is 2.17 bits per heavy atom. The van der Waals surface area contributed by atoms with Gasteiger partial charge in [0.25, 0.3) is 10.0 Å². The van der Waals surface area contributed by atoms with Crippen molar-refractivity contribution in [2.24, 2.45) is 0 Å². The van der Waals surface area contributed by atoms with Crippen LogP contribution in [0.1, 0.15) is 22.9 Å². The van der Waals surface area contributed by atoms with Crippen molar-refractivity contribution in [1.82, 2.24) is 5.32 Å². The fourth-order valence-electron chi connectivity index (χ4n) is 2.71. The Morgan fingerprint density at radius 1 is 1.39 bits per heavy atom. The van der Waals surface area contributed by atoms with Crippen LogP contribution in [-0.4, -0.2) is 33.7 Å². The molecule has 2 heterocycles. The van der Waals surface area contributed by atoms with Crippen LogP contribution >= 0.6 is 27.3 Å². The lowest BCUT2D eigenvalue weighted by Gasteiger charge is -2.18. The number of fused-ring (bicyclic) bond motifs is 2. The third-order valence-electron chi connectivity index (χ3n) is 3.88. The number of hydrogen-bond acceptors (Lipinski definition) is 5. The van der Waals surface area contributed by atoms with Gasteiger partial charge >= 0.3 is 0 Å². The normalized spacial score (nSPS) is 19.1. The monoisotopic (exact) mass is 416 g/mol. The quantitative estimate of drug-likeness (QED) is 0.751. The number of aliphatic hydroxyl groups excluding tert-OH is 1. The second-order valence-corrected chi connectivity index (χ2v) is 9.09. The second kappa shape index (κ2) is 6.52. The van der Waals surface area contributed by atoms with Crippen molar-refractivity contribution in [2.45, 2.75) is 17.4 Å². The predicted molar refractivity (Wildman–Crippen MR) is 95.6 cm³/mol. The standard InChI is InChI=1S/C15H17BrN2O3S2/c1-18-12-5-8-22-15(12)14(17-6-2-7-19)11-4-3-10(16)9-13(11)23(18,20)21/h3-5,8-9,14,17,19H,2,6-7H2,1H3. The molecule has 5 nitrogen and oxygen atoms in total. The molecule has 1 aliphatic heterocycles. The topological polar surface area (TPSA) is 69.6 Å². The molecule has 0 amide bonds. The van der Waals surface area contributed by atoms with Crippen LogP contribution in [0.5, 0.6) is 0 Å². The highest BCUT2D eigenvalue weighted by molar-refractivity contribution is 9.10. The summed E-state index contributed by atoms with van der Waals surface area (Å²) in [5.74, 6) is 0. The van der Waals surface area contributed by atoms with Crippen molar-refractivity contribution in [3.05, 3.63) is 44.6 Å². The molecule has 2 aromatic rings. The molecule has 3 rings (SSSR count). The Bertz CT molecular complexity index is 820. The molecule has 8 heteroatoms. The number of aliphatic hydroxyl groups is 1. The molecule has 0 saturated carbocycles. The van der Waals surface area contributed by atoms with Crippen LogP contribution in [0.2, 0.25) is 0 Å². The first-order valence-electron chi connectivity index (χ1n) is 7.17. The molecule has 1 unspecified atom stereocenters. The summed E-state index contributed by atoms with van der Waals surface area (Å²) in [4.78, 5) is 1.27. The lowest BCUT2D eigenvalue weighted by Crippen LogP contribution is -2.26. The minimum Gasteiger partial charge on any atom is -0.396 e. The lowest BCUT2D eigenvalue weighted by atomic mass is 10.0. The number of rotatable bonds is 4. The zero-order valence-electron chi connectivity index (χ0n) is 12.5. The van der Waals surface area contributed by atoms with Gasteiger partial charge in [0.15, 0.2) is 0 Å². The summed E-state index contributed by atoms with van der Waals surface area (Å²) in [7, 11) is -2.02. The molecule has 1 atom stereocenters. The van der Waals surface area contributed by atoms with Crippen LogP contribution in [0, 0.1) is 0 Å². The number of benzene rings is 1. The Hall–Kier alpha value is -0.930. The molecule has 1 aromatic heterocycles. The average Bonchev–Trinajstić information content (AvgIpc) is 2.98. The van der Waals surface area contributed by atoms with E-state index in [4.69, 9.17) is 5.11 Å². The predicted octanol–water partition coefficient (Wildman–Crippen LogP) is 2.71. The fourth-order valence-corrected chi connectivity index (χ4v) is 5.77. The van der Waals surface area contributed by atoms with E-state index in [0.29, 0.717) is 23.5 Å². The van der Waals surface area contributed by atoms with Crippen LogP contribution in [-0.2, 0) is 10.0 Å². The van der Waals surface area contributed by atoms with Gasteiger partial charge in [-0.1, -0.05) is 22.0 Å². The average molecular weight is 417 g/mol. The Morgan fingerprint density at radius 3 is 2.91 bits per heavy atom. The highest BCUT2D eigenvalue weighted by Gasteiger charge is 2.35. The number of halogens is 1. The van der Waals surface area contributed by atoms with Crippen molar-refractivity contribution in [1.29, 1.82) is 0 Å². The Labute approximate surface area is 148 Å². The molecule has 0 spiro atoms. The third kappa shape index (κ3) is 2.94. The van der Waals surface area contributed by atoms with E-state index in [2.05, 4.69) is 21.2 Å². The zero-order valence-corrected chi connectivity index (χ0v) is 15.7. The second-order valence-electron chi connectivity index (χ2n) is 5.29. The summed E-state index contributed by atoms with van der Waals surface area (Å²) in [5.41, 5.74) is 1.43. The van der Waals surface area contributed by atoms with E-state index in [1.165, 1.54) is 15.6 Å². The molecule has 0 aliphatic carbocycles. The Kier molecular flexibility index (Phi) is 4.80. The molecule has 0 saturated heterocycles. The maximum Gasteiger partial charge on any atom is 0.264 e. The van der Waals surface area contributed by atoms with E-state index in [1.54, 1.807) is 13.1 Å². The molecular formula is C15H17BrN2O3S2. The molecule has 0 radical (unpaired) electrons. The largest absolute Gasteiger partial charge is 0.396 e. The summed E-state index contributed by atoms with van der Waals surface area (Å²) in [6, 6.07) is 6.97. The maximum atomic E-state index is 13.0. The minimum absolute atomic E-state index is 0.0996. The van der Waals surface area contributed by atoms with Crippen molar-refractivity contribution in [3.8, 4) is 0 Å². The van der Waals surface area contributed by atoms with Gasteiger partial charge in [-0.3, -0.25) is 4.31 Å². The molecule has 0 bridgehead atoms. The van der Waals surface area contributed by atoms with Gasteiger partial charge in [0.1, 0.15) is 0 Å². The van der Waals surface area contributed by atoms with Gasteiger partial charge in [0, 0.05) is 18.1 Å². The summed E-state index contributed by atoms with van der Waals surface area (Å²) < 4.78 is 28.0. The fraction of sp³-hybridized carbons (Fsp3) is 0.333. The number of hydrogen-bond donors (Lipinski definition) is 2. The molecule has 1 aromatic carbocycles. The minimum atomic E-state index is -3.61. The summed E-state index contributed by atoms with van der Waals surface area (Å²) in [5, 5.41) is 14.3. The summed E-state index contributed by atoms with van der Waals surface area (Å²) in [6.45, 7) is 0.709. The van der Waals surface area contributed by atoms with Gasteiger partial charge in [-0.2, -0.15) is 0 Å². The molecule has 0 fully saturated rings. The van der Waals surface area contributed by atoms with Crippen LogP contribution in [0.25, 0.3) is 0 Å². The zero-order chi connectivity index (χ0) is 16.6. The van der Waals surface area contributed by atoms with Gasteiger partial charge in [0.05, 0.1) is 21.5 Å². The number of sulfonamides is 1. The smallest absolute Gasteiger partial charge is 0.264 e. The molecule has 2 N–H and O–H groups in total.